The lowest BCUT2D eigenvalue weighted by atomic mass is 10.1. The van der Waals surface area contributed by atoms with E-state index in [1.54, 1.807) is 11.1 Å². The average molecular weight is 427 g/mol. The molecule has 0 radical (unpaired) electrons. The molecule has 0 unspecified atom stereocenters. The summed E-state index contributed by atoms with van der Waals surface area (Å²) in [7, 11) is 0. The molecule has 10 heteroatoms. The first kappa shape index (κ1) is 22.3. The minimum Gasteiger partial charge on any atom is -0.369 e. The number of piperidine rings is 1. The molecule has 0 saturated carbocycles. The first-order valence-electron chi connectivity index (χ1n) is 10.5. The van der Waals surface area contributed by atoms with Gasteiger partial charge in [0.05, 0.1) is 23.5 Å². The fraction of sp³-hybridized carbons (Fsp3) is 0.476. The Balaban J connectivity index is 1.70. The Bertz CT molecular complexity index is 939. The number of rotatable bonds is 9. The van der Waals surface area contributed by atoms with E-state index in [4.69, 9.17) is 5.73 Å². The molecular weight excluding hydrogens is 396 g/mol. The van der Waals surface area contributed by atoms with Crippen LogP contribution in [0.3, 0.4) is 0 Å². The van der Waals surface area contributed by atoms with Gasteiger partial charge in [0.2, 0.25) is 11.9 Å². The second-order valence-corrected chi connectivity index (χ2v) is 8.05. The van der Waals surface area contributed by atoms with Crippen LogP contribution in [0.25, 0.3) is 0 Å². The van der Waals surface area contributed by atoms with Crippen LogP contribution in [0, 0.1) is 5.92 Å². The van der Waals surface area contributed by atoms with Crippen LogP contribution in [0.1, 0.15) is 49.5 Å². The van der Waals surface area contributed by atoms with E-state index in [0.29, 0.717) is 36.5 Å². The van der Waals surface area contributed by atoms with Gasteiger partial charge in [0.25, 0.3) is 5.91 Å². The standard InChI is InChI=1S/C21H30N8O2/c1-4-18(30)28-9-5-6-16(13-28)29-12-15(10-25-29)26-21-24-11-17(19(22)31)20(27-21)23-8-7-14(2)3/h4,10-12,14,16H,1,5-9,13H2,2-3H3,(H2,22,31)(H2,23,24,26,27)/t16-/m0/s1. The third kappa shape index (κ3) is 5.80. The van der Waals surface area contributed by atoms with E-state index in [2.05, 4.69) is 46.1 Å². The number of aromatic nitrogens is 4. The van der Waals surface area contributed by atoms with E-state index in [9.17, 15) is 9.59 Å². The number of carbonyl (C=O) groups excluding carboxylic acids is 2. The number of carbonyl (C=O) groups is 2. The Hall–Kier alpha value is -3.43. The number of nitrogens with one attached hydrogen (secondary N) is 2. The van der Waals surface area contributed by atoms with Gasteiger partial charge >= 0.3 is 0 Å². The van der Waals surface area contributed by atoms with Gasteiger partial charge in [-0.05, 0) is 31.3 Å². The lowest BCUT2D eigenvalue weighted by molar-refractivity contribution is -0.127. The largest absolute Gasteiger partial charge is 0.369 e. The Morgan fingerprint density at radius 3 is 2.90 bits per heavy atom. The number of amides is 2. The summed E-state index contributed by atoms with van der Waals surface area (Å²) in [5.41, 5.74) is 6.41. The van der Waals surface area contributed by atoms with Gasteiger partial charge in [-0.1, -0.05) is 20.4 Å². The second kappa shape index (κ2) is 10.1. The second-order valence-electron chi connectivity index (χ2n) is 8.05. The highest BCUT2D eigenvalue weighted by molar-refractivity contribution is 5.97. The van der Waals surface area contributed by atoms with Gasteiger partial charge in [-0.2, -0.15) is 10.1 Å². The SMILES string of the molecule is C=CC(=O)N1CCC[C@H](n2cc(Nc3ncc(C(N)=O)c(NCCC(C)C)n3)cn2)C1. The molecule has 1 atom stereocenters. The molecule has 2 amide bonds. The van der Waals surface area contributed by atoms with Gasteiger partial charge in [-0.3, -0.25) is 14.3 Å². The lowest BCUT2D eigenvalue weighted by Crippen LogP contribution is -2.39. The number of nitrogens with zero attached hydrogens (tertiary/aromatic N) is 5. The first-order valence-corrected chi connectivity index (χ1v) is 10.5. The summed E-state index contributed by atoms with van der Waals surface area (Å²) in [6.07, 6.45) is 9.10. The number of primary amides is 1. The molecule has 166 valence electrons. The van der Waals surface area contributed by atoms with E-state index in [-0.39, 0.29) is 17.5 Å². The summed E-state index contributed by atoms with van der Waals surface area (Å²) < 4.78 is 1.85. The minimum atomic E-state index is -0.581. The molecule has 0 aromatic carbocycles. The Morgan fingerprint density at radius 1 is 1.39 bits per heavy atom. The van der Waals surface area contributed by atoms with Crippen molar-refractivity contribution in [3.8, 4) is 0 Å². The first-order chi connectivity index (χ1) is 14.9. The van der Waals surface area contributed by atoms with Crippen LogP contribution in [0.4, 0.5) is 17.5 Å². The molecule has 2 aromatic heterocycles. The highest BCUT2D eigenvalue weighted by atomic mass is 16.2. The number of likely N-dealkylation sites (tertiary alicyclic amines) is 1. The van der Waals surface area contributed by atoms with Gasteiger partial charge in [-0.25, -0.2) is 4.98 Å². The normalized spacial score (nSPS) is 16.2. The van der Waals surface area contributed by atoms with Crippen LogP contribution in [-0.4, -0.2) is 56.1 Å². The predicted molar refractivity (Wildman–Crippen MR) is 119 cm³/mol. The lowest BCUT2D eigenvalue weighted by Gasteiger charge is -2.32. The summed E-state index contributed by atoms with van der Waals surface area (Å²) in [5.74, 6) is 0.623. The van der Waals surface area contributed by atoms with Crippen molar-refractivity contribution in [2.24, 2.45) is 11.7 Å². The molecule has 1 aliphatic rings. The topological polar surface area (TPSA) is 131 Å². The van der Waals surface area contributed by atoms with Gasteiger partial charge in [-0.15, -0.1) is 0 Å². The van der Waals surface area contributed by atoms with Crippen LogP contribution in [0.2, 0.25) is 0 Å². The van der Waals surface area contributed by atoms with E-state index in [1.165, 1.54) is 12.3 Å². The highest BCUT2D eigenvalue weighted by Gasteiger charge is 2.24. The van der Waals surface area contributed by atoms with E-state index in [1.807, 2.05) is 10.9 Å². The zero-order valence-electron chi connectivity index (χ0n) is 18.0. The Morgan fingerprint density at radius 2 is 2.19 bits per heavy atom. The number of anilines is 3. The third-order valence-electron chi connectivity index (χ3n) is 5.18. The minimum absolute atomic E-state index is 0.0596. The van der Waals surface area contributed by atoms with Crippen LogP contribution in [0.15, 0.2) is 31.2 Å². The average Bonchev–Trinajstić information content (AvgIpc) is 3.21. The number of hydrogen-bond donors (Lipinski definition) is 3. The molecule has 3 rings (SSSR count). The van der Waals surface area contributed by atoms with Crippen LogP contribution in [0.5, 0.6) is 0 Å². The number of hydrogen-bond acceptors (Lipinski definition) is 7. The predicted octanol–water partition coefficient (Wildman–Crippen LogP) is 2.32. The molecule has 0 aliphatic carbocycles. The molecule has 4 N–H and O–H groups in total. The Labute approximate surface area is 181 Å². The zero-order chi connectivity index (χ0) is 22.4. The van der Waals surface area contributed by atoms with Crippen molar-refractivity contribution in [2.45, 2.75) is 39.2 Å². The monoisotopic (exact) mass is 426 g/mol. The molecule has 0 spiro atoms. The van der Waals surface area contributed by atoms with Gasteiger partial charge in [0.15, 0.2) is 0 Å². The molecule has 10 nitrogen and oxygen atoms in total. The maximum Gasteiger partial charge on any atom is 0.254 e. The van der Waals surface area contributed by atoms with Crippen LogP contribution < -0.4 is 16.4 Å². The molecule has 31 heavy (non-hydrogen) atoms. The molecule has 2 aromatic rings. The van der Waals surface area contributed by atoms with E-state index >= 15 is 0 Å². The van der Waals surface area contributed by atoms with Crippen molar-refractivity contribution < 1.29 is 9.59 Å². The quantitative estimate of drug-likeness (QED) is 0.524. The maximum atomic E-state index is 11.9. The van der Waals surface area contributed by atoms with Gasteiger partial charge in [0, 0.05) is 32.0 Å². The van der Waals surface area contributed by atoms with E-state index in [0.717, 1.165) is 25.8 Å². The van der Waals surface area contributed by atoms with Crippen molar-refractivity contribution >= 4 is 29.3 Å². The summed E-state index contributed by atoms with van der Waals surface area (Å²) in [4.78, 5) is 34.0. The maximum absolute atomic E-state index is 11.9. The zero-order valence-corrected chi connectivity index (χ0v) is 18.0. The fourth-order valence-corrected chi connectivity index (χ4v) is 3.47. The molecule has 1 fully saturated rings. The third-order valence-corrected chi connectivity index (χ3v) is 5.18. The number of nitrogens with two attached hydrogens (primary N) is 1. The molecule has 0 bridgehead atoms. The Kier molecular flexibility index (Phi) is 7.22. The summed E-state index contributed by atoms with van der Waals surface area (Å²) in [5, 5.41) is 10.7. The molecule has 1 aliphatic heterocycles. The van der Waals surface area contributed by atoms with Gasteiger partial charge in [0.1, 0.15) is 5.82 Å². The smallest absolute Gasteiger partial charge is 0.254 e. The van der Waals surface area contributed by atoms with Crippen molar-refractivity contribution in [3.05, 3.63) is 36.8 Å². The van der Waals surface area contributed by atoms with Gasteiger partial charge < -0.3 is 21.3 Å². The van der Waals surface area contributed by atoms with Crippen molar-refractivity contribution in [1.29, 1.82) is 0 Å². The van der Waals surface area contributed by atoms with Crippen LogP contribution in [-0.2, 0) is 4.79 Å². The molecule has 3 heterocycles. The van der Waals surface area contributed by atoms with E-state index < -0.39 is 5.91 Å². The summed E-state index contributed by atoms with van der Waals surface area (Å²) >= 11 is 0. The van der Waals surface area contributed by atoms with Crippen molar-refractivity contribution in [2.75, 3.05) is 30.3 Å². The summed E-state index contributed by atoms with van der Waals surface area (Å²) in [6.45, 7) is 9.82. The highest BCUT2D eigenvalue weighted by Crippen LogP contribution is 2.24. The summed E-state index contributed by atoms with van der Waals surface area (Å²) in [6, 6.07) is 0.0969. The van der Waals surface area contributed by atoms with Crippen molar-refractivity contribution in [1.82, 2.24) is 24.6 Å². The fourth-order valence-electron chi connectivity index (χ4n) is 3.47. The van der Waals surface area contributed by atoms with Crippen molar-refractivity contribution in [3.63, 3.8) is 0 Å². The molecule has 1 saturated heterocycles. The van der Waals surface area contributed by atoms with Crippen LogP contribution >= 0.6 is 0 Å². The molecular formula is C21H30N8O2.